The molecule has 0 rings (SSSR count). The van der Waals surface area contributed by atoms with E-state index in [4.69, 9.17) is 9.84 Å². The van der Waals surface area contributed by atoms with Gasteiger partial charge in [-0.2, -0.15) is 0 Å². The third kappa shape index (κ3) is 33.4. The summed E-state index contributed by atoms with van der Waals surface area (Å²) >= 11 is 0. The van der Waals surface area contributed by atoms with Crippen LogP contribution in [-0.4, -0.2) is 23.1 Å². The molecule has 4 heteroatoms. The minimum Gasteiger partial charge on any atom is -0.481 e. The molecule has 0 aliphatic carbocycles. The largest absolute Gasteiger partial charge is 0.481 e. The van der Waals surface area contributed by atoms with Gasteiger partial charge in [-0.15, -0.1) is 0 Å². The standard InChI is InChI=1S/C38H74O4/c1-3-5-7-9-11-12-13-14-15-16-17-18-19-20-21-22-23-24-25-27-29-35-38(41)42-36(33-30-31-34-37(39)40)32-28-26-10-8-6-4-2/h36H,3-35H2,1-2H3,(H,39,40). The van der Waals surface area contributed by atoms with Gasteiger partial charge < -0.3 is 9.84 Å². The second kappa shape index (κ2) is 34.4. The van der Waals surface area contributed by atoms with E-state index in [-0.39, 0.29) is 18.5 Å². The minimum atomic E-state index is -0.741. The van der Waals surface area contributed by atoms with E-state index >= 15 is 0 Å². The molecule has 0 heterocycles. The number of aliphatic carboxylic acids is 1. The molecule has 0 saturated carbocycles. The number of carbonyl (C=O) groups is 2. The van der Waals surface area contributed by atoms with Gasteiger partial charge in [0, 0.05) is 12.8 Å². The van der Waals surface area contributed by atoms with Crippen molar-refractivity contribution in [2.24, 2.45) is 0 Å². The fourth-order valence-electron chi connectivity index (χ4n) is 6.01. The maximum absolute atomic E-state index is 12.5. The second-order valence-corrected chi connectivity index (χ2v) is 13.1. The molecule has 0 aliphatic rings. The number of unbranched alkanes of at least 4 members (excludes halogenated alkanes) is 26. The average molecular weight is 595 g/mol. The first-order valence-electron chi connectivity index (χ1n) is 19.0. The van der Waals surface area contributed by atoms with Gasteiger partial charge in [0.25, 0.3) is 0 Å². The third-order valence-corrected chi connectivity index (χ3v) is 8.83. The van der Waals surface area contributed by atoms with E-state index in [1.54, 1.807) is 0 Å². The molecule has 0 amide bonds. The van der Waals surface area contributed by atoms with E-state index in [1.807, 2.05) is 0 Å². The molecule has 0 aromatic rings. The quantitative estimate of drug-likeness (QED) is 0.0585. The third-order valence-electron chi connectivity index (χ3n) is 8.83. The van der Waals surface area contributed by atoms with Crippen molar-refractivity contribution in [2.45, 2.75) is 232 Å². The molecule has 1 unspecified atom stereocenters. The monoisotopic (exact) mass is 595 g/mol. The summed E-state index contributed by atoms with van der Waals surface area (Å²) in [4.78, 5) is 23.2. The van der Waals surface area contributed by atoms with Crippen LogP contribution >= 0.6 is 0 Å². The van der Waals surface area contributed by atoms with Crippen molar-refractivity contribution in [2.75, 3.05) is 0 Å². The van der Waals surface area contributed by atoms with Crippen LogP contribution in [0.5, 0.6) is 0 Å². The van der Waals surface area contributed by atoms with E-state index in [9.17, 15) is 9.59 Å². The normalized spacial score (nSPS) is 12.0. The van der Waals surface area contributed by atoms with Crippen molar-refractivity contribution >= 4 is 11.9 Å². The zero-order valence-corrected chi connectivity index (χ0v) is 28.6. The van der Waals surface area contributed by atoms with Crippen molar-refractivity contribution in [1.82, 2.24) is 0 Å². The lowest BCUT2D eigenvalue weighted by molar-refractivity contribution is -0.150. The SMILES string of the molecule is CCCCCCCCCCCCCCCCCCCCCCCC(=O)OC(CCCCCCCC)CCCCC(=O)O. The van der Waals surface area contributed by atoms with E-state index in [2.05, 4.69) is 13.8 Å². The smallest absolute Gasteiger partial charge is 0.306 e. The highest BCUT2D eigenvalue weighted by atomic mass is 16.5. The molecule has 0 aliphatic heterocycles. The molecule has 1 N–H and O–H groups in total. The van der Waals surface area contributed by atoms with E-state index < -0.39 is 5.97 Å². The Hall–Kier alpha value is -1.06. The van der Waals surface area contributed by atoms with Gasteiger partial charge in [-0.25, -0.2) is 0 Å². The van der Waals surface area contributed by atoms with Gasteiger partial charge in [0.2, 0.25) is 0 Å². The first-order valence-corrected chi connectivity index (χ1v) is 19.0. The molecule has 0 aromatic heterocycles. The fraction of sp³-hybridized carbons (Fsp3) is 0.947. The van der Waals surface area contributed by atoms with E-state index in [1.165, 1.54) is 154 Å². The fourth-order valence-corrected chi connectivity index (χ4v) is 6.01. The Morgan fingerprint density at radius 1 is 0.429 bits per heavy atom. The highest BCUT2D eigenvalue weighted by Gasteiger charge is 2.14. The number of rotatable bonds is 35. The maximum atomic E-state index is 12.5. The number of carbonyl (C=O) groups excluding carboxylic acids is 1. The summed E-state index contributed by atoms with van der Waals surface area (Å²) in [6.45, 7) is 4.52. The Bertz CT molecular complexity index is 561. The lowest BCUT2D eigenvalue weighted by Gasteiger charge is -2.18. The molecule has 250 valence electrons. The summed E-state index contributed by atoms with van der Waals surface area (Å²) < 4.78 is 5.84. The Morgan fingerprint density at radius 2 is 0.714 bits per heavy atom. The second-order valence-electron chi connectivity index (χ2n) is 13.1. The molecular formula is C38H74O4. The van der Waals surface area contributed by atoms with E-state index in [0.717, 1.165) is 38.5 Å². The summed E-state index contributed by atoms with van der Waals surface area (Å²) in [6, 6.07) is 0. The predicted molar refractivity (Wildman–Crippen MR) is 181 cm³/mol. The summed E-state index contributed by atoms with van der Waals surface area (Å²) in [7, 11) is 0. The van der Waals surface area contributed by atoms with Gasteiger partial charge in [0.15, 0.2) is 0 Å². The topological polar surface area (TPSA) is 63.6 Å². The van der Waals surface area contributed by atoms with Crippen molar-refractivity contribution in [3.8, 4) is 0 Å². The van der Waals surface area contributed by atoms with Crippen LogP contribution in [0.3, 0.4) is 0 Å². The Morgan fingerprint density at radius 3 is 1.07 bits per heavy atom. The molecular weight excluding hydrogens is 520 g/mol. The summed E-state index contributed by atoms with van der Waals surface area (Å²) in [5.74, 6) is -0.795. The van der Waals surface area contributed by atoms with Gasteiger partial charge in [-0.05, 0) is 38.5 Å². The average Bonchev–Trinajstić information content (AvgIpc) is 2.97. The highest BCUT2D eigenvalue weighted by molar-refractivity contribution is 5.69. The van der Waals surface area contributed by atoms with Crippen LogP contribution < -0.4 is 0 Å². The number of carboxylic acids is 1. The molecule has 0 spiro atoms. The number of esters is 1. The van der Waals surface area contributed by atoms with E-state index in [0.29, 0.717) is 12.8 Å². The molecule has 0 radical (unpaired) electrons. The summed E-state index contributed by atoms with van der Waals surface area (Å²) in [6.07, 6.45) is 40.0. The van der Waals surface area contributed by atoms with Gasteiger partial charge in [-0.1, -0.05) is 174 Å². The van der Waals surface area contributed by atoms with Crippen LogP contribution in [0.15, 0.2) is 0 Å². The van der Waals surface area contributed by atoms with Crippen LogP contribution in [0, 0.1) is 0 Å². The van der Waals surface area contributed by atoms with Crippen molar-refractivity contribution in [3.63, 3.8) is 0 Å². The predicted octanol–water partition coefficient (Wildman–Crippen LogP) is 12.9. The molecule has 1 atom stereocenters. The molecule has 0 fully saturated rings. The van der Waals surface area contributed by atoms with Gasteiger partial charge in [0.1, 0.15) is 6.10 Å². The maximum Gasteiger partial charge on any atom is 0.306 e. The van der Waals surface area contributed by atoms with Gasteiger partial charge in [-0.3, -0.25) is 9.59 Å². The molecule has 0 bridgehead atoms. The van der Waals surface area contributed by atoms with Crippen LogP contribution in [-0.2, 0) is 14.3 Å². The summed E-state index contributed by atoms with van der Waals surface area (Å²) in [5, 5.41) is 8.88. The first kappa shape index (κ1) is 40.9. The van der Waals surface area contributed by atoms with Crippen molar-refractivity contribution < 1.29 is 19.4 Å². The van der Waals surface area contributed by atoms with Crippen molar-refractivity contribution in [1.29, 1.82) is 0 Å². The lowest BCUT2D eigenvalue weighted by Crippen LogP contribution is -2.18. The molecule has 4 nitrogen and oxygen atoms in total. The minimum absolute atomic E-state index is 0.0348. The van der Waals surface area contributed by atoms with Gasteiger partial charge in [0.05, 0.1) is 0 Å². The highest BCUT2D eigenvalue weighted by Crippen LogP contribution is 2.18. The van der Waals surface area contributed by atoms with Crippen LogP contribution in [0.25, 0.3) is 0 Å². The number of carboxylic acid groups (broad SMARTS) is 1. The number of ether oxygens (including phenoxy) is 1. The molecule has 0 aromatic carbocycles. The Labute approximate surface area is 262 Å². The lowest BCUT2D eigenvalue weighted by atomic mass is 10.0. The Kier molecular flexibility index (Phi) is 33.6. The number of hydrogen-bond donors (Lipinski definition) is 1. The first-order chi connectivity index (χ1) is 20.6. The molecule has 0 saturated heterocycles. The zero-order chi connectivity index (χ0) is 30.8. The van der Waals surface area contributed by atoms with Crippen LogP contribution in [0.1, 0.15) is 226 Å². The van der Waals surface area contributed by atoms with Crippen LogP contribution in [0.2, 0.25) is 0 Å². The van der Waals surface area contributed by atoms with Crippen LogP contribution in [0.4, 0.5) is 0 Å². The zero-order valence-electron chi connectivity index (χ0n) is 28.6. The Balaban J connectivity index is 3.60. The van der Waals surface area contributed by atoms with Crippen molar-refractivity contribution in [3.05, 3.63) is 0 Å². The number of hydrogen-bond acceptors (Lipinski definition) is 3. The molecule has 42 heavy (non-hydrogen) atoms. The van der Waals surface area contributed by atoms with Gasteiger partial charge >= 0.3 is 11.9 Å². The summed E-state index contributed by atoms with van der Waals surface area (Å²) in [5.41, 5.74) is 0.